The number of carbonyl (C=O) groups excluding carboxylic acids is 1. The van der Waals surface area contributed by atoms with Crippen LogP contribution in [0.4, 0.5) is 10.2 Å². The molecule has 1 aliphatic rings. The van der Waals surface area contributed by atoms with Crippen LogP contribution >= 0.6 is 0 Å². The van der Waals surface area contributed by atoms with Gasteiger partial charge in [-0.05, 0) is 63.6 Å². The van der Waals surface area contributed by atoms with Crippen LogP contribution in [-0.4, -0.2) is 67.8 Å². The Bertz CT molecular complexity index is 614. The molecule has 1 aromatic heterocycles. The zero-order valence-electron chi connectivity index (χ0n) is 17.3. The maximum absolute atomic E-state index is 14.0. The number of hydrogen-bond acceptors (Lipinski definition) is 6. The molecule has 158 valence electrons. The van der Waals surface area contributed by atoms with E-state index >= 15 is 0 Å². The Kier molecular flexibility index (Phi) is 9.81. The summed E-state index contributed by atoms with van der Waals surface area (Å²) in [6.45, 7) is 4.27. The van der Waals surface area contributed by atoms with Crippen LogP contribution < -0.4 is 11.1 Å². The van der Waals surface area contributed by atoms with Crippen LogP contribution in [0.15, 0.2) is 12.1 Å². The van der Waals surface area contributed by atoms with Gasteiger partial charge in [0, 0.05) is 32.4 Å². The number of halogens is 1. The molecular weight excluding hydrogens is 359 g/mol. The van der Waals surface area contributed by atoms with Crippen molar-refractivity contribution in [1.29, 1.82) is 0 Å². The number of nitrogens with two attached hydrogens (primary N) is 1. The average Bonchev–Trinajstić information content (AvgIpc) is 2.68. The third-order valence-corrected chi connectivity index (χ3v) is 5.19. The number of pyridine rings is 1. The number of hydrogen-bond donors (Lipinski definition) is 2. The lowest BCUT2D eigenvalue weighted by atomic mass is 10.1. The number of ether oxygens (including phenoxy) is 1. The summed E-state index contributed by atoms with van der Waals surface area (Å²) in [5.74, 6) is 1.00. The molecule has 0 aromatic carbocycles. The fourth-order valence-corrected chi connectivity index (χ4v) is 3.48. The molecule has 0 bridgehead atoms. The van der Waals surface area contributed by atoms with Gasteiger partial charge >= 0.3 is 0 Å². The number of Topliss-reactive ketones (excluding diaryl/α,β-unsaturated/α-hetero) is 1. The molecule has 0 aliphatic carbocycles. The maximum atomic E-state index is 14.0. The molecule has 0 fully saturated rings. The van der Waals surface area contributed by atoms with Crippen LogP contribution in [0.5, 0.6) is 0 Å². The second-order valence-corrected chi connectivity index (χ2v) is 7.66. The van der Waals surface area contributed by atoms with Gasteiger partial charge in [-0.15, -0.1) is 0 Å². The van der Waals surface area contributed by atoms with E-state index in [2.05, 4.69) is 17.4 Å². The van der Waals surface area contributed by atoms with Gasteiger partial charge in [0.05, 0.1) is 12.6 Å². The van der Waals surface area contributed by atoms with E-state index in [1.54, 1.807) is 0 Å². The second-order valence-electron chi connectivity index (χ2n) is 7.66. The van der Waals surface area contributed by atoms with Gasteiger partial charge in [-0.1, -0.05) is 6.07 Å². The lowest BCUT2D eigenvalue weighted by Gasteiger charge is -2.25. The van der Waals surface area contributed by atoms with Gasteiger partial charge in [0.1, 0.15) is 17.8 Å². The Hall–Kier alpha value is -1.57. The van der Waals surface area contributed by atoms with Crippen LogP contribution in [0, 0.1) is 0 Å². The molecule has 0 radical (unpaired) electrons. The first kappa shape index (κ1) is 22.7. The highest BCUT2D eigenvalue weighted by Crippen LogP contribution is 2.20. The first-order chi connectivity index (χ1) is 13.5. The van der Waals surface area contributed by atoms with E-state index in [0.29, 0.717) is 19.5 Å². The van der Waals surface area contributed by atoms with Crippen LogP contribution in [0.3, 0.4) is 0 Å². The van der Waals surface area contributed by atoms with Crippen molar-refractivity contribution in [3.05, 3.63) is 23.4 Å². The van der Waals surface area contributed by atoms with Crippen molar-refractivity contribution >= 4 is 11.6 Å². The first-order valence-corrected chi connectivity index (χ1v) is 10.3. The van der Waals surface area contributed by atoms with Crippen molar-refractivity contribution in [3.8, 4) is 0 Å². The van der Waals surface area contributed by atoms with Gasteiger partial charge in [0.2, 0.25) is 0 Å². The number of methoxy groups -OCH3 is 1. The molecule has 1 aliphatic heterocycles. The minimum Gasteiger partial charge on any atom is -0.382 e. The van der Waals surface area contributed by atoms with E-state index < -0.39 is 12.2 Å². The Morgan fingerprint density at radius 3 is 2.96 bits per heavy atom. The third-order valence-electron chi connectivity index (χ3n) is 5.19. The minimum absolute atomic E-state index is 0.0271. The number of fused-ring (bicyclic) bond motifs is 1. The Morgan fingerprint density at radius 2 is 2.21 bits per heavy atom. The minimum atomic E-state index is -1.04. The van der Waals surface area contributed by atoms with Gasteiger partial charge in [-0.2, -0.15) is 0 Å². The summed E-state index contributed by atoms with van der Waals surface area (Å²) in [6, 6.07) is 3.82. The van der Waals surface area contributed by atoms with E-state index in [4.69, 9.17) is 15.5 Å². The molecule has 3 N–H and O–H groups in total. The van der Waals surface area contributed by atoms with Crippen LogP contribution in [0.25, 0.3) is 0 Å². The molecule has 2 heterocycles. The number of aryl methyl sites for hydroxylation is 2. The summed E-state index contributed by atoms with van der Waals surface area (Å²) >= 11 is 0. The molecule has 1 aromatic rings. The number of anilines is 1. The number of carbonyl (C=O) groups is 1. The number of alkyl halides is 1. The Labute approximate surface area is 168 Å². The zero-order chi connectivity index (χ0) is 20.4. The molecule has 1 unspecified atom stereocenters. The smallest absolute Gasteiger partial charge is 0.146 e. The highest BCUT2D eigenvalue weighted by atomic mass is 19.1. The van der Waals surface area contributed by atoms with Crippen molar-refractivity contribution in [3.63, 3.8) is 0 Å². The van der Waals surface area contributed by atoms with Crippen LogP contribution in [0.2, 0.25) is 0 Å². The zero-order valence-corrected chi connectivity index (χ0v) is 17.3. The normalized spacial score (nSPS) is 15.8. The quantitative estimate of drug-likeness (QED) is 0.500. The topological polar surface area (TPSA) is 80.5 Å². The first-order valence-electron chi connectivity index (χ1n) is 10.3. The maximum Gasteiger partial charge on any atom is 0.146 e. The lowest BCUT2D eigenvalue weighted by molar-refractivity contribution is -0.118. The third kappa shape index (κ3) is 7.81. The van der Waals surface area contributed by atoms with Crippen molar-refractivity contribution < 1.29 is 13.9 Å². The van der Waals surface area contributed by atoms with Crippen molar-refractivity contribution in [2.24, 2.45) is 5.73 Å². The Balaban J connectivity index is 1.78. The summed E-state index contributed by atoms with van der Waals surface area (Å²) < 4.78 is 18.9. The van der Waals surface area contributed by atoms with E-state index in [0.717, 1.165) is 56.7 Å². The van der Waals surface area contributed by atoms with E-state index in [1.165, 1.54) is 19.6 Å². The van der Waals surface area contributed by atoms with Gasteiger partial charge in [0.15, 0.2) is 0 Å². The number of nitrogens with one attached hydrogen (secondary N) is 1. The number of aromatic nitrogens is 1. The monoisotopic (exact) mass is 394 g/mol. The lowest BCUT2D eigenvalue weighted by Crippen LogP contribution is -2.38. The molecule has 2 atom stereocenters. The molecule has 0 amide bonds. The molecule has 0 saturated heterocycles. The summed E-state index contributed by atoms with van der Waals surface area (Å²) in [5, 5.41) is 3.37. The van der Waals surface area contributed by atoms with Gasteiger partial charge < -0.3 is 20.7 Å². The molecule has 7 heteroatoms. The van der Waals surface area contributed by atoms with Gasteiger partial charge in [-0.3, -0.25) is 4.79 Å². The second kappa shape index (κ2) is 12.1. The van der Waals surface area contributed by atoms with Gasteiger partial charge in [0.25, 0.3) is 0 Å². The average molecular weight is 395 g/mol. The predicted octanol–water partition coefficient (Wildman–Crippen LogP) is 2.36. The molecule has 6 nitrogen and oxygen atoms in total. The molecular formula is C21H35FN4O2. The van der Waals surface area contributed by atoms with Crippen LogP contribution in [-0.2, 0) is 22.4 Å². The SMILES string of the molecule is COC[C@@H](F)CN(CCCCc1ccc2c(n1)NCCC2)CCC(N)C(C)=O. The highest BCUT2D eigenvalue weighted by Gasteiger charge is 2.16. The predicted molar refractivity (Wildman–Crippen MR) is 110 cm³/mol. The summed E-state index contributed by atoms with van der Waals surface area (Å²) in [4.78, 5) is 18.1. The molecule has 2 rings (SSSR count). The van der Waals surface area contributed by atoms with Crippen LogP contribution in [0.1, 0.15) is 43.9 Å². The highest BCUT2D eigenvalue weighted by molar-refractivity contribution is 5.81. The molecule has 0 spiro atoms. The summed E-state index contributed by atoms with van der Waals surface area (Å²) in [6.07, 6.45) is 4.62. The summed E-state index contributed by atoms with van der Waals surface area (Å²) in [7, 11) is 1.50. The number of rotatable bonds is 13. The fraction of sp³-hybridized carbons (Fsp3) is 0.714. The Morgan fingerprint density at radius 1 is 1.39 bits per heavy atom. The number of nitrogens with zero attached hydrogens (tertiary/aromatic N) is 2. The van der Waals surface area contributed by atoms with E-state index in [1.807, 2.05) is 4.90 Å². The molecule has 0 saturated carbocycles. The van der Waals surface area contributed by atoms with Gasteiger partial charge in [-0.25, -0.2) is 9.37 Å². The van der Waals surface area contributed by atoms with Crippen molar-refractivity contribution in [1.82, 2.24) is 9.88 Å². The van der Waals surface area contributed by atoms with Crippen molar-refractivity contribution in [2.45, 2.75) is 57.7 Å². The van der Waals surface area contributed by atoms with Crippen molar-refractivity contribution in [2.75, 3.05) is 45.2 Å². The number of ketones is 1. The summed E-state index contributed by atoms with van der Waals surface area (Å²) in [5.41, 5.74) is 8.23. The standard InChI is InChI=1S/C21H35FN4O2/c1-16(27)20(23)10-13-26(14-18(22)15-28-2)12-4-3-7-19-9-8-17-6-5-11-24-21(17)25-19/h8-9,18,20H,3-7,10-15,23H2,1-2H3,(H,24,25)/t18-,20?/m0/s1. The van der Waals surface area contributed by atoms with E-state index in [9.17, 15) is 9.18 Å². The largest absolute Gasteiger partial charge is 0.382 e. The van der Waals surface area contributed by atoms with E-state index in [-0.39, 0.29) is 12.4 Å². The number of unbranched alkanes of at least 4 members (excludes halogenated alkanes) is 1. The molecule has 28 heavy (non-hydrogen) atoms. The fourth-order valence-electron chi connectivity index (χ4n) is 3.48.